The molecule has 1 aliphatic rings. The van der Waals surface area contributed by atoms with Crippen molar-refractivity contribution < 1.29 is 9.53 Å². The Labute approximate surface area is 145 Å². The van der Waals surface area contributed by atoms with Crippen LogP contribution >= 0.6 is 0 Å². The number of aromatic amines is 1. The number of rotatable bonds is 3. The molecule has 1 aromatic heterocycles. The smallest absolute Gasteiger partial charge is 0.259 e. The van der Waals surface area contributed by atoms with E-state index in [1.54, 1.807) is 12.3 Å². The maximum atomic E-state index is 12.8. The SMILES string of the molecule is O=C(Nc1cccc(-c2cn[nH]c2)c1)c1cccc2c1OCCNC2. The number of H-pyrrole nitrogens is 1. The largest absolute Gasteiger partial charge is 0.491 e. The molecular weight excluding hydrogens is 316 g/mol. The first-order valence-corrected chi connectivity index (χ1v) is 8.17. The van der Waals surface area contributed by atoms with Crippen LogP contribution < -0.4 is 15.4 Å². The first-order valence-electron chi connectivity index (χ1n) is 8.17. The molecule has 2 heterocycles. The molecule has 0 radical (unpaired) electrons. The molecule has 3 N–H and O–H groups in total. The van der Waals surface area contributed by atoms with Crippen molar-refractivity contribution in [3.63, 3.8) is 0 Å². The molecule has 0 saturated heterocycles. The molecular formula is C19H18N4O2. The number of aromatic nitrogens is 2. The summed E-state index contributed by atoms with van der Waals surface area (Å²) in [5.74, 6) is 0.485. The third kappa shape index (κ3) is 3.25. The molecule has 4 rings (SSSR count). The monoisotopic (exact) mass is 334 g/mol. The van der Waals surface area contributed by atoms with Gasteiger partial charge in [-0.15, -0.1) is 0 Å². The number of nitrogens with one attached hydrogen (secondary N) is 3. The second kappa shape index (κ2) is 6.78. The van der Waals surface area contributed by atoms with Gasteiger partial charge in [0.15, 0.2) is 0 Å². The van der Waals surface area contributed by atoms with Gasteiger partial charge in [-0.05, 0) is 23.8 Å². The van der Waals surface area contributed by atoms with E-state index in [0.717, 1.165) is 28.9 Å². The first-order chi connectivity index (χ1) is 12.3. The molecule has 0 unspecified atom stereocenters. The molecule has 0 bridgehead atoms. The minimum atomic E-state index is -0.178. The summed E-state index contributed by atoms with van der Waals surface area (Å²) < 4.78 is 5.79. The van der Waals surface area contributed by atoms with Crippen molar-refractivity contribution >= 4 is 11.6 Å². The van der Waals surface area contributed by atoms with Crippen molar-refractivity contribution in [1.82, 2.24) is 15.5 Å². The normalized spacial score (nSPS) is 13.4. The third-order valence-corrected chi connectivity index (χ3v) is 4.13. The third-order valence-electron chi connectivity index (χ3n) is 4.13. The zero-order valence-corrected chi connectivity index (χ0v) is 13.6. The Hall–Kier alpha value is -3.12. The molecule has 0 fully saturated rings. The lowest BCUT2D eigenvalue weighted by molar-refractivity contribution is 0.102. The van der Waals surface area contributed by atoms with Gasteiger partial charge >= 0.3 is 0 Å². The molecule has 1 aliphatic heterocycles. The fraction of sp³-hybridized carbons (Fsp3) is 0.158. The highest BCUT2D eigenvalue weighted by Crippen LogP contribution is 2.27. The quantitative estimate of drug-likeness (QED) is 0.688. The van der Waals surface area contributed by atoms with E-state index in [1.807, 2.05) is 42.6 Å². The molecule has 0 atom stereocenters. The van der Waals surface area contributed by atoms with Crippen LogP contribution in [0.25, 0.3) is 11.1 Å². The van der Waals surface area contributed by atoms with Gasteiger partial charge in [0.05, 0.1) is 11.8 Å². The van der Waals surface area contributed by atoms with Crippen LogP contribution in [0, 0.1) is 0 Å². The van der Waals surface area contributed by atoms with Crippen molar-refractivity contribution in [2.75, 3.05) is 18.5 Å². The fourth-order valence-electron chi connectivity index (χ4n) is 2.91. The lowest BCUT2D eigenvalue weighted by atomic mass is 10.1. The number of para-hydroxylation sites is 1. The number of nitrogens with zero attached hydrogens (tertiary/aromatic N) is 1. The number of carbonyl (C=O) groups is 1. The summed E-state index contributed by atoms with van der Waals surface area (Å²) >= 11 is 0. The number of hydrogen-bond donors (Lipinski definition) is 3. The van der Waals surface area contributed by atoms with Gasteiger partial charge in [-0.1, -0.05) is 24.3 Å². The van der Waals surface area contributed by atoms with Gasteiger partial charge in [0.2, 0.25) is 0 Å². The van der Waals surface area contributed by atoms with Crippen molar-refractivity contribution in [3.8, 4) is 16.9 Å². The lowest BCUT2D eigenvalue weighted by Crippen LogP contribution is -2.16. The fourth-order valence-corrected chi connectivity index (χ4v) is 2.91. The summed E-state index contributed by atoms with van der Waals surface area (Å²) in [5.41, 5.74) is 4.23. The summed E-state index contributed by atoms with van der Waals surface area (Å²) in [4.78, 5) is 12.8. The van der Waals surface area contributed by atoms with E-state index in [-0.39, 0.29) is 5.91 Å². The number of benzene rings is 2. The highest BCUT2D eigenvalue weighted by atomic mass is 16.5. The van der Waals surface area contributed by atoms with Crippen LogP contribution in [0.4, 0.5) is 5.69 Å². The van der Waals surface area contributed by atoms with Gasteiger partial charge in [0.25, 0.3) is 5.91 Å². The standard InChI is InChI=1S/C19H18N4O2/c24-19(17-6-2-4-14-10-20-7-8-25-18(14)17)23-16-5-1-3-13(9-16)15-11-21-22-12-15/h1-6,9,11-12,20H,7-8,10H2,(H,21,22)(H,23,24). The Kier molecular flexibility index (Phi) is 4.18. The molecule has 126 valence electrons. The summed E-state index contributed by atoms with van der Waals surface area (Å²) in [7, 11) is 0. The van der Waals surface area contributed by atoms with Gasteiger partial charge < -0.3 is 15.4 Å². The van der Waals surface area contributed by atoms with Gasteiger partial charge in [-0.25, -0.2) is 0 Å². The maximum absolute atomic E-state index is 12.8. The second-order valence-electron chi connectivity index (χ2n) is 5.84. The van der Waals surface area contributed by atoms with Crippen LogP contribution in [0.5, 0.6) is 5.75 Å². The zero-order chi connectivity index (χ0) is 17.1. The Morgan fingerprint density at radius 1 is 1.16 bits per heavy atom. The van der Waals surface area contributed by atoms with Crippen molar-refractivity contribution in [3.05, 3.63) is 66.0 Å². The average Bonchev–Trinajstić information content (AvgIpc) is 3.07. The van der Waals surface area contributed by atoms with Crippen molar-refractivity contribution in [2.45, 2.75) is 6.54 Å². The van der Waals surface area contributed by atoms with Gasteiger partial charge in [0.1, 0.15) is 12.4 Å². The lowest BCUT2D eigenvalue weighted by Gasteiger charge is -2.13. The Balaban J connectivity index is 1.60. The zero-order valence-electron chi connectivity index (χ0n) is 13.6. The van der Waals surface area contributed by atoms with E-state index in [4.69, 9.17) is 4.74 Å². The van der Waals surface area contributed by atoms with Gasteiger partial charge in [0, 0.05) is 36.1 Å². The van der Waals surface area contributed by atoms with E-state index in [0.29, 0.717) is 24.5 Å². The number of carbonyl (C=O) groups excluding carboxylic acids is 1. The maximum Gasteiger partial charge on any atom is 0.259 e. The van der Waals surface area contributed by atoms with Crippen LogP contribution in [-0.2, 0) is 6.54 Å². The van der Waals surface area contributed by atoms with Gasteiger partial charge in [-0.3, -0.25) is 9.89 Å². The average molecular weight is 334 g/mol. The molecule has 6 heteroatoms. The molecule has 6 nitrogen and oxygen atoms in total. The van der Waals surface area contributed by atoms with Crippen LogP contribution in [0.2, 0.25) is 0 Å². The number of fused-ring (bicyclic) bond motifs is 1. The summed E-state index contributed by atoms with van der Waals surface area (Å²) in [6.45, 7) is 2.02. The van der Waals surface area contributed by atoms with Crippen molar-refractivity contribution in [1.29, 1.82) is 0 Å². The van der Waals surface area contributed by atoms with E-state index in [2.05, 4.69) is 20.8 Å². The summed E-state index contributed by atoms with van der Waals surface area (Å²) in [5, 5.41) is 13.0. The molecule has 0 aliphatic carbocycles. The summed E-state index contributed by atoms with van der Waals surface area (Å²) in [6.07, 6.45) is 3.57. The number of hydrogen-bond acceptors (Lipinski definition) is 4. The Morgan fingerprint density at radius 3 is 2.96 bits per heavy atom. The van der Waals surface area contributed by atoms with E-state index in [1.165, 1.54) is 0 Å². The van der Waals surface area contributed by atoms with Crippen LogP contribution in [0.3, 0.4) is 0 Å². The Bertz CT molecular complexity index is 890. The minimum absolute atomic E-state index is 0.178. The van der Waals surface area contributed by atoms with Crippen LogP contribution in [0.15, 0.2) is 54.9 Å². The number of anilines is 1. The highest BCUT2D eigenvalue weighted by Gasteiger charge is 2.18. The number of ether oxygens (including phenoxy) is 1. The first kappa shape index (κ1) is 15.4. The predicted molar refractivity (Wildman–Crippen MR) is 95.6 cm³/mol. The van der Waals surface area contributed by atoms with Gasteiger partial charge in [-0.2, -0.15) is 5.10 Å². The van der Waals surface area contributed by atoms with Crippen LogP contribution in [-0.4, -0.2) is 29.3 Å². The summed E-state index contributed by atoms with van der Waals surface area (Å²) in [6, 6.07) is 13.3. The highest BCUT2D eigenvalue weighted by molar-refractivity contribution is 6.06. The van der Waals surface area contributed by atoms with Crippen LogP contribution in [0.1, 0.15) is 15.9 Å². The molecule has 1 amide bonds. The second-order valence-corrected chi connectivity index (χ2v) is 5.84. The van der Waals surface area contributed by atoms with E-state index >= 15 is 0 Å². The molecule has 0 saturated carbocycles. The topological polar surface area (TPSA) is 79.0 Å². The molecule has 3 aromatic rings. The molecule has 0 spiro atoms. The van der Waals surface area contributed by atoms with E-state index < -0.39 is 0 Å². The molecule has 25 heavy (non-hydrogen) atoms. The Morgan fingerprint density at radius 2 is 2.08 bits per heavy atom. The van der Waals surface area contributed by atoms with Crippen molar-refractivity contribution in [2.24, 2.45) is 0 Å². The van der Waals surface area contributed by atoms with E-state index in [9.17, 15) is 4.79 Å². The minimum Gasteiger partial charge on any atom is -0.491 e. The predicted octanol–water partition coefficient (Wildman–Crippen LogP) is 2.81. The molecule has 2 aromatic carbocycles. The number of amides is 1.